The van der Waals surface area contributed by atoms with Crippen molar-refractivity contribution in [2.24, 2.45) is 0 Å². The molecule has 2 aromatic rings. The molecule has 6 heteroatoms. The number of ether oxygens (including phenoxy) is 2. The van der Waals surface area contributed by atoms with Crippen molar-refractivity contribution in [3.8, 4) is 22.8 Å². The summed E-state index contributed by atoms with van der Waals surface area (Å²) in [6.45, 7) is 0.188. The first-order valence-corrected chi connectivity index (χ1v) is 5.33. The molecule has 0 atom stereocenters. The Morgan fingerprint density at radius 2 is 2.39 bits per heavy atom. The summed E-state index contributed by atoms with van der Waals surface area (Å²) in [5.74, 6) is 0.202. The van der Waals surface area contributed by atoms with Crippen LogP contribution in [0.5, 0.6) is 11.5 Å². The average Bonchev–Trinajstić information content (AvgIpc) is 2.81. The minimum atomic E-state index is -1.05. The highest BCUT2D eigenvalue weighted by molar-refractivity contribution is 5.91. The Labute approximate surface area is 102 Å². The van der Waals surface area contributed by atoms with Gasteiger partial charge < -0.3 is 14.6 Å². The molecule has 1 aliphatic rings. The van der Waals surface area contributed by atoms with Crippen molar-refractivity contribution in [3.05, 3.63) is 29.5 Å². The number of hydrogen-bond donors (Lipinski definition) is 2. The molecule has 6 nitrogen and oxygen atoms in total. The monoisotopic (exact) mass is 246 g/mol. The molecule has 0 fully saturated rings. The number of fused-ring (bicyclic) bond motifs is 3. The zero-order valence-corrected chi connectivity index (χ0v) is 9.56. The van der Waals surface area contributed by atoms with Gasteiger partial charge in [0.2, 0.25) is 0 Å². The van der Waals surface area contributed by atoms with E-state index in [2.05, 4.69) is 10.2 Å². The van der Waals surface area contributed by atoms with Gasteiger partial charge in [0, 0.05) is 0 Å². The van der Waals surface area contributed by atoms with Crippen molar-refractivity contribution in [2.75, 3.05) is 7.11 Å². The van der Waals surface area contributed by atoms with Crippen LogP contribution in [0.15, 0.2) is 18.2 Å². The number of hydrogen-bond acceptors (Lipinski definition) is 4. The lowest BCUT2D eigenvalue weighted by atomic mass is 10.0. The van der Waals surface area contributed by atoms with Gasteiger partial charge in [-0.15, -0.1) is 0 Å². The Bertz CT molecular complexity index is 619. The molecule has 2 heterocycles. The van der Waals surface area contributed by atoms with Gasteiger partial charge in [-0.2, -0.15) is 5.10 Å². The predicted molar refractivity (Wildman–Crippen MR) is 61.9 cm³/mol. The minimum Gasteiger partial charge on any atom is -0.496 e. The van der Waals surface area contributed by atoms with Gasteiger partial charge >= 0.3 is 5.97 Å². The van der Waals surface area contributed by atoms with Gasteiger partial charge in [0.15, 0.2) is 5.69 Å². The molecule has 0 spiro atoms. The number of carboxylic acids is 1. The molecular weight excluding hydrogens is 236 g/mol. The summed E-state index contributed by atoms with van der Waals surface area (Å²) in [5.41, 5.74) is 1.86. The highest BCUT2D eigenvalue weighted by Gasteiger charge is 2.28. The van der Waals surface area contributed by atoms with Crippen LogP contribution < -0.4 is 9.47 Å². The van der Waals surface area contributed by atoms with Crippen LogP contribution in [-0.4, -0.2) is 28.4 Å². The third-order valence-electron chi connectivity index (χ3n) is 2.90. The summed E-state index contributed by atoms with van der Waals surface area (Å²) < 4.78 is 10.8. The number of rotatable bonds is 2. The Balaban J connectivity index is 2.25. The minimum absolute atomic E-state index is 0.0570. The maximum atomic E-state index is 11.0. The van der Waals surface area contributed by atoms with Crippen molar-refractivity contribution in [3.63, 3.8) is 0 Å². The van der Waals surface area contributed by atoms with E-state index in [1.54, 1.807) is 19.2 Å². The first-order chi connectivity index (χ1) is 8.72. The van der Waals surface area contributed by atoms with E-state index < -0.39 is 5.97 Å². The molecule has 1 aromatic carbocycles. The van der Waals surface area contributed by atoms with Gasteiger partial charge in [-0.05, 0) is 12.1 Å². The number of aromatic carboxylic acids is 1. The van der Waals surface area contributed by atoms with E-state index in [0.29, 0.717) is 28.3 Å². The zero-order chi connectivity index (χ0) is 12.7. The van der Waals surface area contributed by atoms with Crippen molar-refractivity contribution in [1.29, 1.82) is 0 Å². The normalized spacial score (nSPS) is 12.3. The standard InChI is InChI=1S/C12H10N2O4/c1-17-7-3-2-4-8-9(7)10-6(5-18-8)11(12(15)16)14-13-10/h2-4H,5H2,1H3,(H,13,14)(H,15,16). The van der Waals surface area contributed by atoms with E-state index in [1.807, 2.05) is 6.07 Å². The molecule has 2 N–H and O–H groups in total. The second-order valence-corrected chi connectivity index (χ2v) is 3.85. The lowest BCUT2D eigenvalue weighted by molar-refractivity contribution is 0.0687. The number of aromatic nitrogens is 2. The van der Waals surface area contributed by atoms with E-state index in [0.717, 1.165) is 0 Å². The fraction of sp³-hybridized carbons (Fsp3) is 0.167. The van der Waals surface area contributed by atoms with Gasteiger partial charge in [0.1, 0.15) is 23.8 Å². The van der Waals surface area contributed by atoms with Crippen LogP contribution >= 0.6 is 0 Å². The average molecular weight is 246 g/mol. The summed E-state index contributed by atoms with van der Waals surface area (Å²) in [7, 11) is 1.55. The number of carboxylic acid groups (broad SMARTS) is 1. The second kappa shape index (κ2) is 3.76. The number of H-pyrrole nitrogens is 1. The molecule has 0 aliphatic carbocycles. The third kappa shape index (κ3) is 1.35. The molecule has 0 saturated heterocycles. The predicted octanol–water partition coefficient (Wildman–Crippen LogP) is 1.68. The van der Waals surface area contributed by atoms with Gasteiger partial charge in [0.05, 0.1) is 18.2 Å². The first-order valence-electron chi connectivity index (χ1n) is 5.33. The second-order valence-electron chi connectivity index (χ2n) is 3.85. The zero-order valence-electron chi connectivity index (χ0n) is 9.56. The number of carbonyl (C=O) groups is 1. The number of nitrogens with zero attached hydrogens (tertiary/aromatic N) is 1. The molecule has 3 rings (SSSR count). The number of benzene rings is 1. The smallest absolute Gasteiger partial charge is 0.354 e. The van der Waals surface area contributed by atoms with E-state index in [9.17, 15) is 4.79 Å². The Morgan fingerprint density at radius 1 is 1.56 bits per heavy atom. The fourth-order valence-corrected chi connectivity index (χ4v) is 2.07. The lowest BCUT2D eigenvalue weighted by Crippen LogP contribution is -2.09. The number of aromatic amines is 1. The summed E-state index contributed by atoms with van der Waals surface area (Å²) in [6, 6.07) is 5.40. The topological polar surface area (TPSA) is 84.4 Å². The van der Waals surface area contributed by atoms with Gasteiger partial charge in [-0.1, -0.05) is 6.07 Å². The largest absolute Gasteiger partial charge is 0.496 e. The molecule has 1 aliphatic heterocycles. The molecule has 0 bridgehead atoms. The van der Waals surface area contributed by atoms with Crippen molar-refractivity contribution in [1.82, 2.24) is 10.2 Å². The Hall–Kier alpha value is -2.50. The maximum absolute atomic E-state index is 11.0. The molecule has 18 heavy (non-hydrogen) atoms. The van der Waals surface area contributed by atoms with E-state index >= 15 is 0 Å². The molecular formula is C12H10N2O4. The number of methoxy groups -OCH3 is 1. The third-order valence-corrected chi connectivity index (χ3v) is 2.90. The molecule has 0 unspecified atom stereocenters. The van der Waals surface area contributed by atoms with Crippen LogP contribution in [0.2, 0.25) is 0 Å². The Morgan fingerprint density at radius 3 is 3.11 bits per heavy atom. The van der Waals surface area contributed by atoms with E-state index in [1.165, 1.54) is 0 Å². The van der Waals surface area contributed by atoms with Crippen molar-refractivity contribution < 1.29 is 19.4 Å². The van der Waals surface area contributed by atoms with E-state index in [-0.39, 0.29) is 12.3 Å². The van der Waals surface area contributed by atoms with Crippen LogP contribution in [0.1, 0.15) is 16.1 Å². The molecule has 0 radical (unpaired) electrons. The van der Waals surface area contributed by atoms with Crippen molar-refractivity contribution >= 4 is 5.97 Å². The van der Waals surface area contributed by atoms with Gasteiger partial charge in [-0.25, -0.2) is 4.79 Å². The van der Waals surface area contributed by atoms with Crippen LogP contribution in [0, 0.1) is 0 Å². The summed E-state index contributed by atoms with van der Waals surface area (Å²) >= 11 is 0. The van der Waals surface area contributed by atoms with Crippen molar-refractivity contribution in [2.45, 2.75) is 6.61 Å². The van der Waals surface area contributed by atoms with E-state index in [4.69, 9.17) is 14.6 Å². The fourth-order valence-electron chi connectivity index (χ4n) is 2.07. The van der Waals surface area contributed by atoms with Gasteiger partial charge in [0.25, 0.3) is 0 Å². The molecule has 0 saturated carbocycles. The van der Waals surface area contributed by atoms with Crippen LogP contribution in [-0.2, 0) is 6.61 Å². The lowest BCUT2D eigenvalue weighted by Gasteiger charge is -2.19. The van der Waals surface area contributed by atoms with Crippen LogP contribution in [0.4, 0.5) is 0 Å². The summed E-state index contributed by atoms with van der Waals surface area (Å²) in [6.07, 6.45) is 0. The highest BCUT2D eigenvalue weighted by Crippen LogP contribution is 2.43. The Kier molecular flexibility index (Phi) is 2.22. The highest BCUT2D eigenvalue weighted by atomic mass is 16.5. The number of nitrogens with one attached hydrogen (secondary N) is 1. The van der Waals surface area contributed by atoms with Crippen LogP contribution in [0.25, 0.3) is 11.3 Å². The van der Waals surface area contributed by atoms with Crippen LogP contribution in [0.3, 0.4) is 0 Å². The maximum Gasteiger partial charge on any atom is 0.354 e. The molecule has 1 aromatic heterocycles. The summed E-state index contributed by atoms with van der Waals surface area (Å²) in [4.78, 5) is 11.0. The van der Waals surface area contributed by atoms with Gasteiger partial charge in [-0.3, -0.25) is 5.10 Å². The first kappa shape index (κ1) is 10.6. The molecule has 0 amide bonds. The quantitative estimate of drug-likeness (QED) is 0.842. The molecule has 92 valence electrons. The summed E-state index contributed by atoms with van der Waals surface area (Å²) in [5, 5.41) is 15.6. The SMILES string of the molecule is COc1cccc2c1-c1n[nH]c(C(=O)O)c1CO2.